The fraction of sp³-hybridized carbons (Fsp3) is 0.174. The first-order chi connectivity index (χ1) is 13.3. The SMILES string of the molecule is O=C1Cc2cc3c(cc2C(Cc2ccccc2)O1)C(c1ccncc1)=NC3. The first-order valence-corrected chi connectivity index (χ1v) is 9.12. The van der Waals surface area contributed by atoms with Crippen LogP contribution in [0.1, 0.15) is 39.5 Å². The molecule has 0 amide bonds. The van der Waals surface area contributed by atoms with Crippen LogP contribution in [0.2, 0.25) is 0 Å². The number of benzene rings is 2. The summed E-state index contributed by atoms with van der Waals surface area (Å²) in [5, 5.41) is 0. The molecule has 2 aromatic carbocycles. The Bertz CT molecular complexity index is 1040. The molecule has 0 aliphatic carbocycles. The standard InChI is InChI=1S/C23H18N2O2/c26-22-12-17-11-18-14-25-23(16-6-8-24-9-7-16)20(18)13-19(17)21(27-22)10-15-4-2-1-3-5-15/h1-9,11,13,21H,10,12,14H2. The smallest absolute Gasteiger partial charge is 0.310 e. The highest BCUT2D eigenvalue weighted by Crippen LogP contribution is 2.35. The van der Waals surface area contributed by atoms with Crippen molar-refractivity contribution >= 4 is 11.7 Å². The molecule has 2 aliphatic rings. The number of carbonyl (C=O) groups is 1. The van der Waals surface area contributed by atoms with Crippen LogP contribution >= 0.6 is 0 Å². The van der Waals surface area contributed by atoms with Crippen LogP contribution in [-0.4, -0.2) is 16.7 Å². The van der Waals surface area contributed by atoms with Gasteiger partial charge in [-0.25, -0.2) is 0 Å². The van der Waals surface area contributed by atoms with Gasteiger partial charge in [0.25, 0.3) is 0 Å². The maximum Gasteiger partial charge on any atom is 0.310 e. The van der Waals surface area contributed by atoms with Crippen molar-refractivity contribution in [3.63, 3.8) is 0 Å². The molecule has 3 heterocycles. The zero-order chi connectivity index (χ0) is 18.2. The summed E-state index contributed by atoms with van der Waals surface area (Å²) < 4.78 is 5.73. The zero-order valence-electron chi connectivity index (χ0n) is 14.8. The average Bonchev–Trinajstić information content (AvgIpc) is 3.11. The molecule has 0 N–H and O–H groups in total. The third kappa shape index (κ3) is 2.93. The predicted molar refractivity (Wildman–Crippen MR) is 103 cm³/mol. The Hall–Kier alpha value is -3.27. The molecule has 1 unspecified atom stereocenters. The van der Waals surface area contributed by atoms with Crippen molar-refractivity contribution in [2.75, 3.05) is 0 Å². The lowest BCUT2D eigenvalue weighted by Crippen LogP contribution is -2.23. The molecule has 0 spiro atoms. The number of hydrogen-bond donors (Lipinski definition) is 0. The Kier molecular flexibility index (Phi) is 3.82. The first-order valence-electron chi connectivity index (χ1n) is 9.12. The number of cyclic esters (lactones) is 1. The minimum atomic E-state index is -0.256. The average molecular weight is 354 g/mol. The van der Waals surface area contributed by atoms with Crippen molar-refractivity contribution in [3.8, 4) is 0 Å². The van der Waals surface area contributed by atoms with E-state index >= 15 is 0 Å². The molecule has 2 aliphatic heterocycles. The fourth-order valence-electron chi connectivity index (χ4n) is 3.92. The number of aliphatic imine (C=N–C) groups is 1. The van der Waals surface area contributed by atoms with Gasteiger partial charge in [0.1, 0.15) is 6.10 Å². The molecule has 4 nitrogen and oxygen atoms in total. The second-order valence-electron chi connectivity index (χ2n) is 6.95. The van der Waals surface area contributed by atoms with Gasteiger partial charge in [0.05, 0.1) is 18.7 Å². The molecule has 1 atom stereocenters. The first kappa shape index (κ1) is 15.9. The number of rotatable bonds is 3. The summed E-state index contributed by atoms with van der Waals surface area (Å²) in [5.41, 5.74) is 7.69. The number of ether oxygens (including phenoxy) is 1. The quantitative estimate of drug-likeness (QED) is 0.672. The van der Waals surface area contributed by atoms with Crippen LogP contribution in [0.5, 0.6) is 0 Å². The summed E-state index contributed by atoms with van der Waals surface area (Å²) in [7, 11) is 0. The fourth-order valence-corrected chi connectivity index (χ4v) is 3.92. The van der Waals surface area contributed by atoms with E-state index in [0.29, 0.717) is 19.4 Å². The number of pyridine rings is 1. The van der Waals surface area contributed by atoms with E-state index in [0.717, 1.165) is 33.5 Å². The van der Waals surface area contributed by atoms with Crippen LogP contribution in [0.15, 0.2) is 72.0 Å². The molecule has 4 heteroatoms. The molecule has 0 bridgehead atoms. The third-order valence-electron chi connectivity index (χ3n) is 5.20. The summed E-state index contributed by atoms with van der Waals surface area (Å²) in [6, 6.07) is 18.4. The molecule has 0 saturated carbocycles. The van der Waals surface area contributed by atoms with Crippen LogP contribution in [0.4, 0.5) is 0 Å². The molecule has 5 rings (SSSR count). The molecule has 27 heavy (non-hydrogen) atoms. The van der Waals surface area contributed by atoms with Gasteiger partial charge in [-0.2, -0.15) is 0 Å². The zero-order valence-corrected chi connectivity index (χ0v) is 14.8. The number of hydrogen-bond acceptors (Lipinski definition) is 4. The number of fused-ring (bicyclic) bond motifs is 2. The molecule has 1 aromatic heterocycles. The summed E-state index contributed by atoms with van der Waals surface area (Å²) in [4.78, 5) is 21.0. The second kappa shape index (κ2) is 6.47. The Morgan fingerprint density at radius 2 is 1.81 bits per heavy atom. The molecule has 3 aromatic rings. The van der Waals surface area contributed by atoms with Crippen molar-refractivity contribution < 1.29 is 9.53 Å². The van der Waals surface area contributed by atoms with E-state index < -0.39 is 0 Å². The van der Waals surface area contributed by atoms with Crippen LogP contribution in [0.3, 0.4) is 0 Å². The maximum atomic E-state index is 12.2. The van der Waals surface area contributed by atoms with Gasteiger partial charge >= 0.3 is 5.97 Å². The summed E-state index contributed by atoms with van der Waals surface area (Å²) in [5.74, 6) is -0.156. The molecule has 0 radical (unpaired) electrons. The largest absolute Gasteiger partial charge is 0.457 e. The summed E-state index contributed by atoms with van der Waals surface area (Å²) >= 11 is 0. The van der Waals surface area contributed by atoms with Crippen LogP contribution in [0, 0.1) is 0 Å². The van der Waals surface area contributed by atoms with E-state index in [-0.39, 0.29) is 12.1 Å². The monoisotopic (exact) mass is 354 g/mol. The Morgan fingerprint density at radius 3 is 2.63 bits per heavy atom. The summed E-state index contributed by atoms with van der Waals surface area (Å²) in [6.07, 6.45) is 4.33. The maximum absolute atomic E-state index is 12.2. The van der Waals surface area contributed by atoms with Gasteiger partial charge in [0, 0.05) is 29.9 Å². The Balaban J connectivity index is 1.56. The van der Waals surface area contributed by atoms with Crippen LogP contribution in [0.25, 0.3) is 0 Å². The number of aromatic nitrogens is 1. The lowest BCUT2D eigenvalue weighted by molar-refractivity contribution is -0.150. The van der Waals surface area contributed by atoms with Crippen LogP contribution < -0.4 is 0 Å². The van der Waals surface area contributed by atoms with Gasteiger partial charge < -0.3 is 4.74 Å². The molecular formula is C23H18N2O2. The van der Waals surface area contributed by atoms with Crippen molar-refractivity contribution in [1.82, 2.24) is 4.98 Å². The Morgan fingerprint density at radius 1 is 1.00 bits per heavy atom. The van der Waals surface area contributed by atoms with Gasteiger partial charge in [-0.15, -0.1) is 0 Å². The normalized spacial score (nSPS) is 17.7. The highest BCUT2D eigenvalue weighted by Gasteiger charge is 2.30. The third-order valence-corrected chi connectivity index (χ3v) is 5.20. The second-order valence-corrected chi connectivity index (χ2v) is 6.95. The van der Waals surface area contributed by atoms with E-state index in [2.05, 4.69) is 29.2 Å². The van der Waals surface area contributed by atoms with Gasteiger partial charge in [-0.1, -0.05) is 36.4 Å². The number of carbonyl (C=O) groups excluding carboxylic acids is 1. The minimum Gasteiger partial charge on any atom is -0.457 e. The van der Waals surface area contributed by atoms with E-state index in [4.69, 9.17) is 9.73 Å². The molecule has 0 saturated heterocycles. The predicted octanol–water partition coefficient (Wildman–Crippen LogP) is 3.82. The highest BCUT2D eigenvalue weighted by atomic mass is 16.5. The van der Waals surface area contributed by atoms with E-state index in [1.54, 1.807) is 12.4 Å². The molecule has 132 valence electrons. The van der Waals surface area contributed by atoms with E-state index in [9.17, 15) is 4.79 Å². The van der Waals surface area contributed by atoms with Gasteiger partial charge in [-0.05, 0) is 40.5 Å². The van der Waals surface area contributed by atoms with Crippen molar-refractivity contribution in [2.24, 2.45) is 4.99 Å². The lowest BCUT2D eigenvalue weighted by atomic mass is 9.88. The van der Waals surface area contributed by atoms with E-state index in [1.165, 1.54) is 5.56 Å². The topological polar surface area (TPSA) is 51.5 Å². The van der Waals surface area contributed by atoms with Crippen molar-refractivity contribution in [3.05, 3.63) is 100 Å². The number of nitrogens with zero attached hydrogens (tertiary/aromatic N) is 2. The van der Waals surface area contributed by atoms with E-state index in [1.807, 2.05) is 30.3 Å². The molecule has 0 fully saturated rings. The lowest BCUT2D eigenvalue weighted by Gasteiger charge is -2.27. The van der Waals surface area contributed by atoms with Crippen molar-refractivity contribution in [2.45, 2.75) is 25.5 Å². The number of esters is 1. The van der Waals surface area contributed by atoms with Crippen LogP contribution in [-0.2, 0) is 28.9 Å². The minimum absolute atomic E-state index is 0.156. The highest BCUT2D eigenvalue weighted by molar-refractivity contribution is 6.15. The van der Waals surface area contributed by atoms with Gasteiger partial charge in [0.2, 0.25) is 0 Å². The Labute approximate surface area is 157 Å². The summed E-state index contributed by atoms with van der Waals surface area (Å²) in [6.45, 7) is 0.651. The van der Waals surface area contributed by atoms with Gasteiger partial charge in [0.15, 0.2) is 0 Å². The molecular weight excluding hydrogens is 336 g/mol. The van der Waals surface area contributed by atoms with Crippen molar-refractivity contribution in [1.29, 1.82) is 0 Å². The van der Waals surface area contributed by atoms with Gasteiger partial charge in [-0.3, -0.25) is 14.8 Å².